The molecule has 9 heteroatoms. The fraction of sp³-hybridized carbons (Fsp3) is 0.476. The van der Waals surface area contributed by atoms with Gasteiger partial charge in [0.05, 0.1) is 17.3 Å². The summed E-state index contributed by atoms with van der Waals surface area (Å²) >= 11 is 0. The van der Waals surface area contributed by atoms with Gasteiger partial charge in [-0.05, 0) is 51.3 Å². The molecule has 0 spiro atoms. The summed E-state index contributed by atoms with van der Waals surface area (Å²) in [6, 6.07) is 8.99. The number of ether oxygens (including phenoxy) is 1. The number of rotatable bonds is 4. The Balaban J connectivity index is 1.58. The smallest absolute Gasteiger partial charge is 0.410 e. The Bertz CT molecular complexity index is 972. The van der Waals surface area contributed by atoms with E-state index in [2.05, 4.69) is 16.2 Å². The molecule has 0 radical (unpaired) electrons. The standard InChI is InChI=1S/C21H26N6O3/c1-21(2,3)30-20(29)26-9-8-16(13-26)12-25(4)19(28)18-23-14-27(24-18)17-7-5-6-15(10-17)11-22/h5-7,10,14,16H,8-9,12-13H2,1-4H3. The molecule has 0 aliphatic carbocycles. The largest absolute Gasteiger partial charge is 0.444 e. The van der Waals surface area contributed by atoms with Gasteiger partial charge in [-0.2, -0.15) is 5.26 Å². The van der Waals surface area contributed by atoms with E-state index in [9.17, 15) is 9.59 Å². The minimum Gasteiger partial charge on any atom is -0.444 e. The second kappa shape index (κ2) is 8.53. The zero-order valence-electron chi connectivity index (χ0n) is 17.7. The first-order chi connectivity index (χ1) is 14.2. The molecule has 2 amide bonds. The fourth-order valence-electron chi connectivity index (χ4n) is 3.32. The molecule has 1 saturated heterocycles. The minimum atomic E-state index is -0.529. The van der Waals surface area contributed by atoms with Crippen LogP contribution in [0.15, 0.2) is 30.6 Å². The van der Waals surface area contributed by atoms with Gasteiger partial charge in [-0.25, -0.2) is 14.5 Å². The zero-order valence-corrected chi connectivity index (χ0v) is 17.7. The van der Waals surface area contributed by atoms with Gasteiger partial charge in [0.1, 0.15) is 11.9 Å². The predicted molar refractivity (Wildman–Crippen MR) is 109 cm³/mol. The Hall–Kier alpha value is -3.41. The van der Waals surface area contributed by atoms with Crippen molar-refractivity contribution in [1.82, 2.24) is 24.6 Å². The van der Waals surface area contributed by atoms with E-state index in [4.69, 9.17) is 10.00 Å². The van der Waals surface area contributed by atoms with Crippen molar-refractivity contribution in [3.63, 3.8) is 0 Å². The Kier molecular flexibility index (Phi) is 6.06. The maximum atomic E-state index is 12.7. The molecule has 1 aliphatic rings. The molecule has 1 aromatic carbocycles. The highest BCUT2D eigenvalue weighted by Gasteiger charge is 2.31. The highest BCUT2D eigenvalue weighted by Crippen LogP contribution is 2.20. The molecule has 1 unspecified atom stereocenters. The zero-order chi connectivity index (χ0) is 21.9. The highest BCUT2D eigenvalue weighted by atomic mass is 16.6. The van der Waals surface area contributed by atoms with Gasteiger partial charge in [-0.3, -0.25) is 4.79 Å². The third kappa shape index (κ3) is 5.14. The fourth-order valence-corrected chi connectivity index (χ4v) is 3.32. The average molecular weight is 410 g/mol. The summed E-state index contributed by atoms with van der Waals surface area (Å²) < 4.78 is 6.89. The quantitative estimate of drug-likeness (QED) is 0.767. The second-order valence-electron chi connectivity index (χ2n) is 8.44. The summed E-state index contributed by atoms with van der Waals surface area (Å²) in [6.45, 7) is 7.18. The molecule has 3 rings (SSSR count). The third-order valence-corrected chi connectivity index (χ3v) is 4.74. The van der Waals surface area contributed by atoms with Crippen LogP contribution in [0.1, 0.15) is 43.4 Å². The summed E-state index contributed by atoms with van der Waals surface area (Å²) in [6.07, 6.45) is 1.94. The van der Waals surface area contributed by atoms with Crippen LogP contribution < -0.4 is 0 Å². The summed E-state index contributed by atoms with van der Waals surface area (Å²) in [5.41, 5.74) is 0.634. The lowest BCUT2D eigenvalue weighted by Gasteiger charge is -2.25. The van der Waals surface area contributed by atoms with Crippen molar-refractivity contribution in [2.45, 2.75) is 32.8 Å². The number of nitrogens with zero attached hydrogens (tertiary/aromatic N) is 6. The van der Waals surface area contributed by atoms with E-state index >= 15 is 0 Å². The van der Waals surface area contributed by atoms with Gasteiger partial charge >= 0.3 is 6.09 Å². The third-order valence-electron chi connectivity index (χ3n) is 4.74. The lowest BCUT2D eigenvalue weighted by atomic mass is 10.1. The Morgan fingerprint density at radius 3 is 2.83 bits per heavy atom. The van der Waals surface area contributed by atoms with Gasteiger partial charge < -0.3 is 14.5 Å². The van der Waals surface area contributed by atoms with E-state index in [0.29, 0.717) is 30.9 Å². The number of hydrogen-bond donors (Lipinski definition) is 0. The number of nitriles is 1. The SMILES string of the molecule is CN(CC1CCN(C(=O)OC(C)(C)C)C1)C(=O)c1ncn(-c2cccc(C#N)c2)n1. The predicted octanol–water partition coefficient (Wildman–Crippen LogP) is 2.47. The molecule has 158 valence electrons. The normalized spacial score (nSPS) is 16.2. The molecule has 0 saturated carbocycles. The van der Waals surface area contributed by atoms with Crippen LogP contribution in [0.2, 0.25) is 0 Å². The molecule has 1 fully saturated rings. The molecule has 2 aromatic rings. The molecule has 2 heterocycles. The molecular formula is C21H26N6O3. The molecular weight excluding hydrogens is 384 g/mol. The first-order valence-corrected chi connectivity index (χ1v) is 9.82. The van der Waals surface area contributed by atoms with Gasteiger partial charge in [0, 0.05) is 26.7 Å². The van der Waals surface area contributed by atoms with Crippen molar-refractivity contribution in [3.05, 3.63) is 42.0 Å². The van der Waals surface area contributed by atoms with Gasteiger partial charge in [-0.1, -0.05) is 6.07 Å². The number of benzene rings is 1. The van der Waals surface area contributed by atoms with Crippen LogP contribution in [0, 0.1) is 17.2 Å². The Labute approximate surface area is 175 Å². The van der Waals surface area contributed by atoms with Crippen LogP contribution in [0.3, 0.4) is 0 Å². The summed E-state index contributed by atoms with van der Waals surface area (Å²) in [4.78, 5) is 32.3. The van der Waals surface area contributed by atoms with Crippen LogP contribution in [0.5, 0.6) is 0 Å². The number of carbonyl (C=O) groups is 2. The topological polar surface area (TPSA) is 104 Å². The van der Waals surface area contributed by atoms with E-state index in [1.807, 2.05) is 20.8 Å². The van der Waals surface area contributed by atoms with Crippen LogP contribution in [0.25, 0.3) is 5.69 Å². The molecule has 30 heavy (non-hydrogen) atoms. The Morgan fingerprint density at radius 2 is 2.13 bits per heavy atom. The average Bonchev–Trinajstić information content (AvgIpc) is 3.36. The molecule has 0 N–H and O–H groups in total. The molecule has 0 bridgehead atoms. The van der Waals surface area contributed by atoms with Crippen LogP contribution >= 0.6 is 0 Å². The first kappa shape index (κ1) is 21.3. The van der Waals surface area contributed by atoms with Crippen molar-refractivity contribution in [3.8, 4) is 11.8 Å². The lowest BCUT2D eigenvalue weighted by molar-refractivity contribution is 0.0286. The molecule has 9 nitrogen and oxygen atoms in total. The van der Waals surface area contributed by atoms with Crippen molar-refractivity contribution in [2.75, 3.05) is 26.7 Å². The summed E-state index contributed by atoms with van der Waals surface area (Å²) in [7, 11) is 1.70. The number of amides is 2. The van der Waals surface area contributed by atoms with Gasteiger partial charge in [0.25, 0.3) is 5.91 Å². The van der Waals surface area contributed by atoms with E-state index < -0.39 is 5.60 Å². The van der Waals surface area contributed by atoms with E-state index in [0.717, 1.165) is 6.42 Å². The minimum absolute atomic E-state index is 0.0851. The molecule has 1 aromatic heterocycles. The first-order valence-electron chi connectivity index (χ1n) is 9.82. The number of carbonyl (C=O) groups excluding carboxylic acids is 2. The highest BCUT2D eigenvalue weighted by molar-refractivity contribution is 5.90. The molecule has 1 atom stereocenters. The number of hydrogen-bond acceptors (Lipinski definition) is 6. The summed E-state index contributed by atoms with van der Waals surface area (Å²) in [5, 5.41) is 13.3. The Morgan fingerprint density at radius 1 is 1.37 bits per heavy atom. The molecule has 1 aliphatic heterocycles. The summed E-state index contributed by atoms with van der Waals surface area (Å²) in [5.74, 6) is -0.0383. The van der Waals surface area contributed by atoms with Crippen molar-refractivity contribution < 1.29 is 14.3 Å². The van der Waals surface area contributed by atoms with Gasteiger partial charge in [-0.15, -0.1) is 5.10 Å². The van der Waals surface area contributed by atoms with E-state index in [1.165, 1.54) is 11.0 Å². The van der Waals surface area contributed by atoms with E-state index in [1.54, 1.807) is 41.1 Å². The van der Waals surface area contributed by atoms with Crippen LogP contribution in [-0.4, -0.2) is 68.8 Å². The number of aromatic nitrogens is 3. The van der Waals surface area contributed by atoms with Crippen molar-refractivity contribution in [2.24, 2.45) is 5.92 Å². The maximum Gasteiger partial charge on any atom is 0.410 e. The van der Waals surface area contributed by atoms with Crippen LogP contribution in [-0.2, 0) is 4.74 Å². The van der Waals surface area contributed by atoms with Crippen molar-refractivity contribution >= 4 is 12.0 Å². The monoisotopic (exact) mass is 410 g/mol. The van der Waals surface area contributed by atoms with Gasteiger partial charge in [0.2, 0.25) is 5.82 Å². The second-order valence-corrected chi connectivity index (χ2v) is 8.44. The van der Waals surface area contributed by atoms with Gasteiger partial charge in [0.15, 0.2) is 0 Å². The maximum absolute atomic E-state index is 12.7. The number of likely N-dealkylation sites (tertiary alicyclic amines) is 1. The lowest BCUT2D eigenvalue weighted by Crippen LogP contribution is -2.37. The van der Waals surface area contributed by atoms with E-state index in [-0.39, 0.29) is 23.7 Å². The van der Waals surface area contributed by atoms with Crippen molar-refractivity contribution in [1.29, 1.82) is 5.26 Å². The van der Waals surface area contributed by atoms with Crippen LogP contribution in [0.4, 0.5) is 4.79 Å².